The highest BCUT2D eigenvalue weighted by molar-refractivity contribution is 5.95. The van der Waals surface area contributed by atoms with Crippen molar-refractivity contribution in [1.82, 2.24) is 15.8 Å². The van der Waals surface area contributed by atoms with Crippen molar-refractivity contribution in [2.24, 2.45) is 0 Å². The van der Waals surface area contributed by atoms with E-state index in [9.17, 15) is 9.59 Å². The highest BCUT2D eigenvalue weighted by atomic mass is 16.5. The van der Waals surface area contributed by atoms with Crippen molar-refractivity contribution in [3.05, 3.63) is 59.9 Å². The molecular formula is C16H17N3O3. The Hall–Kier alpha value is -2.89. The van der Waals surface area contributed by atoms with Gasteiger partial charge in [0.1, 0.15) is 5.75 Å². The van der Waals surface area contributed by atoms with Crippen LogP contribution in [0.4, 0.5) is 0 Å². The fraction of sp³-hybridized carbons (Fsp3) is 0.188. The van der Waals surface area contributed by atoms with E-state index in [1.165, 1.54) is 12.4 Å². The van der Waals surface area contributed by atoms with Gasteiger partial charge in [-0.3, -0.25) is 25.4 Å². The lowest BCUT2D eigenvalue weighted by Crippen LogP contribution is -2.43. The molecule has 0 saturated heterocycles. The summed E-state index contributed by atoms with van der Waals surface area (Å²) in [5, 5.41) is 0. The van der Waals surface area contributed by atoms with Crippen LogP contribution in [0.1, 0.15) is 22.8 Å². The van der Waals surface area contributed by atoms with Crippen LogP contribution < -0.4 is 15.6 Å². The van der Waals surface area contributed by atoms with E-state index in [-0.39, 0.29) is 6.61 Å². The van der Waals surface area contributed by atoms with Gasteiger partial charge >= 0.3 is 0 Å². The number of carbonyl (C=O) groups is 2. The summed E-state index contributed by atoms with van der Waals surface area (Å²) in [5.74, 6) is -0.182. The van der Waals surface area contributed by atoms with Crippen LogP contribution in [-0.4, -0.2) is 23.4 Å². The first kappa shape index (κ1) is 15.5. The Balaban J connectivity index is 1.80. The van der Waals surface area contributed by atoms with Crippen molar-refractivity contribution in [3.8, 4) is 5.75 Å². The average molecular weight is 299 g/mol. The smallest absolute Gasteiger partial charge is 0.276 e. The van der Waals surface area contributed by atoms with Gasteiger partial charge in [-0.15, -0.1) is 0 Å². The van der Waals surface area contributed by atoms with Crippen molar-refractivity contribution in [2.75, 3.05) is 6.61 Å². The van der Waals surface area contributed by atoms with E-state index >= 15 is 0 Å². The van der Waals surface area contributed by atoms with Crippen LogP contribution in [0, 0.1) is 0 Å². The third-order valence-electron chi connectivity index (χ3n) is 2.97. The standard InChI is InChI=1S/C16H17N3O3/c1-2-12-5-3-4-6-14(12)22-11-15(20)18-19-16(21)13-7-9-17-10-8-13/h3-10H,2,11H2,1H3,(H,18,20)(H,19,21). The minimum Gasteiger partial charge on any atom is -0.483 e. The lowest BCUT2D eigenvalue weighted by molar-refractivity contribution is -0.123. The molecule has 2 amide bonds. The van der Waals surface area contributed by atoms with Crippen molar-refractivity contribution in [2.45, 2.75) is 13.3 Å². The molecule has 1 aromatic carbocycles. The number of para-hydroxylation sites is 1. The molecule has 0 spiro atoms. The summed E-state index contributed by atoms with van der Waals surface area (Å²) in [6, 6.07) is 10.6. The number of hydrazine groups is 1. The lowest BCUT2D eigenvalue weighted by Gasteiger charge is -2.11. The van der Waals surface area contributed by atoms with Crippen molar-refractivity contribution < 1.29 is 14.3 Å². The molecule has 0 aliphatic carbocycles. The normalized spacial score (nSPS) is 9.86. The number of carbonyl (C=O) groups excluding carboxylic acids is 2. The first-order valence-electron chi connectivity index (χ1n) is 6.90. The van der Waals surface area contributed by atoms with Gasteiger partial charge in [0, 0.05) is 18.0 Å². The second-order valence-electron chi connectivity index (χ2n) is 4.49. The zero-order chi connectivity index (χ0) is 15.8. The van der Waals surface area contributed by atoms with Gasteiger partial charge in [-0.1, -0.05) is 25.1 Å². The Labute approximate surface area is 128 Å². The van der Waals surface area contributed by atoms with Crippen LogP contribution in [0.3, 0.4) is 0 Å². The molecule has 6 nitrogen and oxygen atoms in total. The molecule has 2 rings (SSSR count). The van der Waals surface area contributed by atoms with Gasteiger partial charge in [0.15, 0.2) is 6.61 Å². The number of aromatic nitrogens is 1. The minimum absolute atomic E-state index is 0.173. The molecule has 0 aliphatic heterocycles. The van der Waals surface area contributed by atoms with E-state index in [1.54, 1.807) is 12.1 Å². The number of rotatable bonds is 5. The van der Waals surface area contributed by atoms with E-state index in [2.05, 4.69) is 15.8 Å². The van der Waals surface area contributed by atoms with E-state index in [1.807, 2.05) is 31.2 Å². The van der Waals surface area contributed by atoms with E-state index in [0.717, 1.165) is 12.0 Å². The van der Waals surface area contributed by atoms with E-state index in [0.29, 0.717) is 11.3 Å². The number of ether oxygens (including phenoxy) is 1. The molecule has 0 unspecified atom stereocenters. The third-order valence-corrected chi connectivity index (χ3v) is 2.97. The van der Waals surface area contributed by atoms with Crippen LogP contribution >= 0.6 is 0 Å². The van der Waals surface area contributed by atoms with Crippen LogP contribution in [0.5, 0.6) is 5.75 Å². The van der Waals surface area contributed by atoms with E-state index in [4.69, 9.17) is 4.74 Å². The highest BCUT2D eigenvalue weighted by Crippen LogP contribution is 2.17. The van der Waals surface area contributed by atoms with Gasteiger partial charge in [-0.25, -0.2) is 0 Å². The summed E-state index contributed by atoms with van der Waals surface area (Å²) < 4.78 is 5.45. The Bertz CT molecular complexity index is 644. The van der Waals surface area contributed by atoms with Crippen molar-refractivity contribution in [1.29, 1.82) is 0 Å². The Morgan fingerprint density at radius 3 is 2.55 bits per heavy atom. The molecule has 1 aromatic heterocycles. The van der Waals surface area contributed by atoms with Crippen molar-refractivity contribution in [3.63, 3.8) is 0 Å². The number of hydrogen-bond acceptors (Lipinski definition) is 4. The van der Waals surface area contributed by atoms with E-state index < -0.39 is 11.8 Å². The first-order valence-corrected chi connectivity index (χ1v) is 6.90. The quantitative estimate of drug-likeness (QED) is 0.820. The summed E-state index contributed by atoms with van der Waals surface area (Å²) in [4.78, 5) is 27.2. The largest absolute Gasteiger partial charge is 0.483 e. The molecule has 0 atom stereocenters. The Kier molecular flexibility index (Phi) is 5.48. The zero-order valence-corrected chi connectivity index (χ0v) is 12.2. The molecule has 0 fully saturated rings. The predicted molar refractivity (Wildman–Crippen MR) is 81.2 cm³/mol. The number of pyridine rings is 1. The number of benzene rings is 1. The van der Waals surface area contributed by atoms with Gasteiger partial charge < -0.3 is 4.74 Å². The van der Waals surface area contributed by atoms with Gasteiger partial charge in [0.2, 0.25) is 0 Å². The Morgan fingerprint density at radius 2 is 1.82 bits per heavy atom. The molecule has 114 valence electrons. The summed E-state index contributed by atoms with van der Waals surface area (Å²) in [6.45, 7) is 1.84. The average Bonchev–Trinajstić information content (AvgIpc) is 2.58. The number of hydrogen-bond donors (Lipinski definition) is 2. The second kappa shape index (κ2) is 7.78. The molecule has 6 heteroatoms. The maximum absolute atomic E-state index is 11.7. The molecule has 2 N–H and O–H groups in total. The van der Waals surface area contributed by atoms with Gasteiger partial charge in [-0.2, -0.15) is 0 Å². The highest BCUT2D eigenvalue weighted by Gasteiger charge is 2.08. The van der Waals surface area contributed by atoms with Crippen LogP contribution in [-0.2, 0) is 11.2 Å². The molecule has 1 heterocycles. The fourth-order valence-electron chi connectivity index (χ4n) is 1.82. The molecular weight excluding hydrogens is 282 g/mol. The zero-order valence-electron chi connectivity index (χ0n) is 12.2. The summed E-state index contributed by atoms with van der Waals surface area (Å²) in [5.41, 5.74) is 6.06. The van der Waals surface area contributed by atoms with Crippen LogP contribution in [0.2, 0.25) is 0 Å². The monoisotopic (exact) mass is 299 g/mol. The first-order chi connectivity index (χ1) is 10.7. The lowest BCUT2D eigenvalue weighted by atomic mass is 10.1. The molecule has 0 aliphatic rings. The molecule has 2 aromatic rings. The maximum atomic E-state index is 11.7. The summed E-state index contributed by atoms with van der Waals surface area (Å²) >= 11 is 0. The maximum Gasteiger partial charge on any atom is 0.276 e. The second-order valence-corrected chi connectivity index (χ2v) is 4.49. The van der Waals surface area contributed by atoms with Crippen molar-refractivity contribution >= 4 is 11.8 Å². The minimum atomic E-state index is -0.437. The number of nitrogens with one attached hydrogen (secondary N) is 2. The number of nitrogens with zero attached hydrogens (tertiary/aromatic N) is 1. The van der Waals surface area contributed by atoms with Gasteiger partial charge in [-0.05, 0) is 30.2 Å². The van der Waals surface area contributed by atoms with Gasteiger partial charge in [0.05, 0.1) is 0 Å². The van der Waals surface area contributed by atoms with Gasteiger partial charge in [0.25, 0.3) is 11.8 Å². The predicted octanol–water partition coefficient (Wildman–Crippen LogP) is 1.48. The van der Waals surface area contributed by atoms with Crippen LogP contribution in [0.25, 0.3) is 0 Å². The number of aryl methyl sites for hydroxylation is 1. The number of amides is 2. The fourth-order valence-corrected chi connectivity index (χ4v) is 1.82. The van der Waals surface area contributed by atoms with Crippen LogP contribution in [0.15, 0.2) is 48.8 Å². The molecule has 0 radical (unpaired) electrons. The topological polar surface area (TPSA) is 80.3 Å². The summed E-state index contributed by atoms with van der Waals surface area (Å²) in [6.07, 6.45) is 3.82. The molecule has 0 bridgehead atoms. The summed E-state index contributed by atoms with van der Waals surface area (Å²) in [7, 11) is 0. The Morgan fingerprint density at radius 1 is 1.09 bits per heavy atom. The SMILES string of the molecule is CCc1ccccc1OCC(=O)NNC(=O)c1ccncc1. The molecule has 0 saturated carbocycles. The molecule has 22 heavy (non-hydrogen) atoms. The third kappa shape index (κ3) is 4.31.